The Morgan fingerprint density at radius 2 is 1.96 bits per heavy atom. The second-order valence-corrected chi connectivity index (χ2v) is 6.76. The number of nitrogens with two attached hydrogens (primary N) is 1. The zero-order valence-electron chi connectivity index (χ0n) is 14.2. The summed E-state index contributed by atoms with van der Waals surface area (Å²) in [6, 6.07) is 3.36. The van der Waals surface area contributed by atoms with Gasteiger partial charge in [-0.05, 0) is 25.5 Å². The lowest BCUT2D eigenvalue weighted by Crippen LogP contribution is -2.43. The van der Waals surface area contributed by atoms with Crippen molar-refractivity contribution < 1.29 is 14.3 Å². The summed E-state index contributed by atoms with van der Waals surface area (Å²) in [5.74, 6) is -1.60. The molecule has 0 fully saturated rings. The molecule has 0 saturated heterocycles. The van der Waals surface area contributed by atoms with Crippen molar-refractivity contribution in [2.24, 2.45) is 7.05 Å². The van der Waals surface area contributed by atoms with Crippen LogP contribution in [0.3, 0.4) is 0 Å². The fourth-order valence-corrected chi connectivity index (χ4v) is 3.06. The number of Topliss-reactive ketones (excluding diaryl/α,β-unsaturated/α-hetero) is 1. The van der Waals surface area contributed by atoms with Gasteiger partial charge in [0.25, 0.3) is 5.56 Å². The van der Waals surface area contributed by atoms with Crippen molar-refractivity contribution in [3.05, 3.63) is 48.3 Å². The van der Waals surface area contributed by atoms with Crippen LogP contribution < -0.4 is 17.0 Å². The zero-order valence-corrected chi connectivity index (χ0v) is 15.0. The van der Waals surface area contributed by atoms with Crippen molar-refractivity contribution in [1.82, 2.24) is 9.13 Å². The van der Waals surface area contributed by atoms with Crippen LogP contribution in [0.5, 0.6) is 0 Å². The van der Waals surface area contributed by atoms with E-state index in [9.17, 15) is 19.2 Å². The van der Waals surface area contributed by atoms with Crippen molar-refractivity contribution in [3.8, 4) is 0 Å². The van der Waals surface area contributed by atoms with Gasteiger partial charge < -0.3 is 10.5 Å². The Balaban J connectivity index is 2.28. The van der Waals surface area contributed by atoms with Gasteiger partial charge in [0.05, 0.1) is 0 Å². The highest BCUT2D eigenvalue weighted by molar-refractivity contribution is 7.13. The molecule has 134 valence electrons. The average molecular weight is 365 g/mol. The molecule has 25 heavy (non-hydrogen) atoms. The number of nitrogens with zero attached hydrogens (tertiary/aromatic N) is 2. The third-order valence-corrected chi connectivity index (χ3v) is 4.57. The number of rotatable bonds is 6. The van der Waals surface area contributed by atoms with E-state index in [1.807, 2.05) is 13.8 Å². The number of thiophene rings is 1. The molecule has 0 unspecified atom stereocenters. The van der Waals surface area contributed by atoms with Crippen LogP contribution in [0.2, 0.25) is 0 Å². The highest BCUT2D eigenvalue weighted by Gasteiger charge is 2.22. The van der Waals surface area contributed by atoms with Gasteiger partial charge in [-0.3, -0.25) is 18.7 Å². The van der Waals surface area contributed by atoms with Gasteiger partial charge in [-0.25, -0.2) is 9.59 Å². The first-order valence-electron chi connectivity index (χ1n) is 7.64. The SMILES string of the molecule is CCCn1c(N)c(C(=O)COC(=O)c2ccc(C)s2)c(=O)n(C)c1=O. The van der Waals surface area contributed by atoms with Crippen molar-refractivity contribution in [3.63, 3.8) is 0 Å². The summed E-state index contributed by atoms with van der Waals surface area (Å²) in [5.41, 5.74) is 4.12. The maximum absolute atomic E-state index is 12.4. The molecule has 0 aliphatic rings. The number of aryl methyl sites for hydroxylation is 1. The van der Waals surface area contributed by atoms with Crippen LogP contribution in [0.1, 0.15) is 38.3 Å². The van der Waals surface area contributed by atoms with Crippen molar-refractivity contribution in [1.29, 1.82) is 0 Å². The lowest BCUT2D eigenvalue weighted by molar-refractivity contribution is 0.0479. The van der Waals surface area contributed by atoms with Crippen LogP contribution in [0.15, 0.2) is 21.7 Å². The smallest absolute Gasteiger partial charge is 0.348 e. The van der Waals surface area contributed by atoms with Gasteiger partial charge in [0.15, 0.2) is 6.61 Å². The van der Waals surface area contributed by atoms with Gasteiger partial charge in [0.2, 0.25) is 5.78 Å². The van der Waals surface area contributed by atoms with E-state index in [1.165, 1.54) is 23.0 Å². The molecule has 2 aromatic rings. The topological polar surface area (TPSA) is 113 Å². The number of anilines is 1. The Kier molecular flexibility index (Phi) is 5.58. The maximum atomic E-state index is 12.4. The third kappa shape index (κ3) is 3.71. The summed E-state index contributed by atoms with van der Waals surface area (Å²) in [4.78, 5) is 49.9. The molecule has 2 aromatic heterocycles. The van der Waals surface area contributed by atoms with Gasteiger partial charge in [-0.15, -0.1) is 11.3 Å². The molecule has 0 aromatic carbocycles. The normalized spacial score (nSPS) is 10.7. The molecule has 0 spiro atoms. The van der Waals surface area contributed by atoms with Gasteiger partial charge in [-0.1, -0.05) is 6.92 Å². The molecule has 0 atom stereocenters. The number of ketones is 1. The number of carbonyl (C=O) groups is 2. The first kappa shape index (κ1) is 18.7. The molecule has 2 heterocycles. The maximum Gasteiger partial charge on any atom is 0.348 e. The molecule has 2 N–H and O–H groups in total. The minimum Gasteiger partial charge on any atom is -0.453 e. The van der Waals surface area contributed by atoms with Gasteiger partial charge >= 0.3 is 11.7 Å². The van der Waals surface area contributed by atoms with E-state index < -0.39 is 29.6 Å². The predicted molar refractivity (Wildman–Crippen MR) is 94.3 cm³/mol. The van der Waals surface area contributed by atoms with Crippen molar-refractivity contribution in [2.75, 3.05) is 12.3 Å². The molecule has 2 rings (SSSR count). The number of aromatic nitrogens is 2. The molecule has 0 saturated carbocycles. The molecular formula is C16H19N3O5S. The summed E-state index contributed by atoms with van der Waals surface area (Å²) in [7, 11) is 1.27. The van der Waals surface area contributed by atoms with Crippen molar-refractivity contribution in [2.45, 2.75) is 26.8 Å². The molecule has 0 bridgehead atoms. The van der Waals surface area contributed by atoms with Crippen LogP contribution in [0.25, 0.3) is 0 Å². The number of hydrogen-bond acceptors (Lipinski definition) is 7. The second kappa shape index (κ2) is 7.47. The van der Waals surface area contributed by atoms with E-state index in [-0.39, 0.29) is 17.9 Å². The molecule has 0 radical (unpaired) electrons. The van der Waals surface area contributed by atoms with Gasteiger partial charge in [-0.2, -0.15) is 0 Å². The fourth-order valence-electron chi connectivity index (χ4n) is 2.30. The monoisotopic (exact) mass is 365 g/mol. The Hall–Kier alpha value is -2.68. The standard InChI is InChI=1S/C16H19N3O5S/c1-4-7-19-13(17)12(14(21)18(3)16(19)23)10(20)8-24-15(22)11-6-5-9(2)25-11/h5-6H,4,7-8,17H2,1-3H3. The Bertz CT molecular complexity index is 938. The molecule has 0 amide bonds. The molecule has 8 nitrogen and oxygen atoms in total. The summed E-state index contributed by atoms with van der Waals surface area (Å²) >= 11 is 1.24. The Morgan fingerprint density at radius 3 is 2.52 bits per heavy atom. The van der Waals surface area contributed by atoms with Crippen LogP contribution in [0, 0.1) is 6.92 Å². The van der Waals surface area contributed by atoms with Crippen LogP contribution in [-0.2, 0) is 18.3 Å². The van der Waals surface area contributed by atoms with Crippen molar-refractivity contribution >= 4 is 28.9 Å². The number of hydrogen-bond donors (Lipinski definition) is 1. The summed E-state index contributed by atoms with van der Waals surface area (Å²) in [6.07, 6.45) is 0.600. The van der Waals surface area contributed by atoms with Gasteiger partial charge in [0, 0.05) is 18.5 Å². The largest absolute Gasteiger partial charge is 0.453 e. The van der Waals surface area contributed by atoms with E-state index in [1.54, 1.807) is 12.1 Å². The number of ether oxygens (including phenoxy) is 1. The first-order chi connectivity index (χ1) is 11.8. The summed E-state index contributed by atoms with van der Waals surface area (Å²) < 4.78 is 6.96. The minimum atomic E-state index is -0.803. The highest BCUT2D eigenvalue weighted by atomic mass is 32.1. The predicted octanol–water partition coefficient (Wildman–Crippen LogP) is 0.949. The third-order valence-electron chi connectivity index (χ3n) is 3.59. The second-order valence-electron chi connectivity index (χ2n) is 5.47. The molecule has 9 heteroatoms. The molecular weight excluding hydrogens is 346 g/mol. The van der Waals surface area contributed by atoms with E-state index in [2.05, 4.69) is 0 Å². The highest BCUT2D eigenvalue weighted by Crippen LogP contribution is 2.16. The Morgan fingerprint density at radius 1 is 1.28 bits per heavy atom. The summed E-state index contributed by atoms with van der Waals surface area (Å²) in [5, 5.41) is 0. The number of esters is 1. The first-order valence-corrected chi connectivity index (χ1v) is 8.45. The molecule has 0 aliphatic carbocycles. The van der Waals surface area contributed by atoms with E-state index >= 15 is 0 Å². The summed E-state index contributed by atoms with van der Waals surface area (Å²) in [6.45, 7) is 3.32. The zero-order chi connectivity index (χ0) is 18.7. The number of nitrogen functional groups attached to an aromatic ring is 1. The lowest BCUT2D eigenvalue weighted by atomic mass is 10.2. The fraction of sp³-hybridized carbons (Fsp3) is 0.375. The van der Waals surface area contributed by atoms with Crippen LogP contribution >= 0.6 is 11.3 Å². The van der Waals surface area contributed by atoms with Gasteiger partial charge in [0.1, 0.15) is 16.3 Å². The molecule has 0 aliphatic heterocycles. The van der Waals surface area contributed by atoms with Crippen LogP contribution in [-0.4, -0.2) is 27.5 Å². The average Bonchev–Trinajstić information content (AvgIpc) is 3.01. The number of carbonyl (C=O) groups excluding carboxylic acids is 2. The lowest BCUT2D eigenvalue weighted by Gasteiger charge is -2.13. The quantitative estimate of drug-likeness (QED) is 0.602. The van der Waals surface area contributed by atoms with E-state index in [0.717, 1.165) is 9.44 Å². The van der Waals surface area contributed by atoms with E-state index in [4.69, 9.17) is 10.5 Å². The Labute approximate surface area is 147 Å². The van der Waals surface area contributed by atoms with E-state index in [0.29, 0.717) is 11.3 Å². The van der Waals surface area contributed by atoms with Crippen LogP contribution in [0.4, 0.5) is 5.82 Å². The minimum absolute atomic E-state index is 0.206.